The number of carbonyl (C=O) groups excluding carboxylic acids is 1. The number of fused-ring (bicyclic) bond motifs is 3. The summed E-state index contributed by atoms with van der Waals surface area (Å²) in [5.74, 6) is 0.254. The summed E-state index contributed by atoms with van der Waals surface area (Å²) < 4.78 is 14.9. The van der Waals surface area contributed by atoms with Crippen LogP contribution in [0, 0.1) is 5.92 Å². The molecule has 0 N–H and O–H groups in total. The second-order valence-corrected chi connectivity index (χ2v) is 4.44. The lowest BCUT2D eigenvalue weighted by atomic mass is 9.83. The van der Waals surface area contributed by atoms with Gasteiger partial charge < -0.3 is 13.9 Å². The number of ether oxygens (including phenoxy) is 2. The number of cyclic esters (lactones) is 1. The van der Waals surface area contributed by atoms with Gasteiger partial charge in [-0.1, -0.05) is 0 Å². The van der Waals surface area contributed by atoms with E-state index in [-0.39, 0.29) is 12.1 Å². The van der Waals surface area contributed by atoms with Crippen molar-refractivity contribution in [1.82, 2.24) is 0 Å². The highest BCUT2D eigenvalue weighted by Gasteiger charge is 2.49. The fraction of sp³-hybridized carbons (Fsp3) is 0.462. The summed E-state index contributed by atoms with van der Waals surface area (Å²) in [4.78, 5) is 10.9. The molecule has 1 saturated carbocycles. The third kappa shape index (κ3) is 2.26. The van der Waals surface area contributed by atoms with Gasteiger partial charge in [-0.2, -0.15) is 0 Å². The normalized spacial score (nSPS) is 33.3. The van der Waals surface area contributed by atoms with Gasteiger partial charge in [0.25, 0.3) is 0 Å². The summed E-state index contributed by atoms with van der Waals surface area (Å²) in [5, 5.41) is 0. The highest BCUT2D eigenvalue weighted by Crippen LogP contribution is 2.44. The molecule has 3 heterocycles. The Kier molecular flexibility index (Phi) is 2.73. The standard InChI is InChI=1S/C9H10O3.C4H4O/c10-8-3-6-5(4-11-8)1-2-7-9(6)12-7;1-2-4-5-3-1/h3,5,7,9H,1-2,4H2;1-4H. The predicted octanol–water partition coefficient (Wildman–Crippen LogP) is 1.93. The molecule has 3 aliphatic rings. The van der Waals surface area contributed by atoms with Crippen LogP contribution in [0.3, 0.4) is 0 Å². The van der Waals surface area contributed by atoms with Gasteiger partial charge in [-0.15, -0.1) is 0 Å². The molecule has 0 spiro atoms. The molecule has 17 heavy (non-hydrogen) atoms. The first kappa shape index (κ1) is 10.6. The summed E-state index contributed by atoms with van der Waals surface area (Å²) in [5.41, 5.74) is 1.18. The molecule has 2 aliphatic heterocycles. The number of esters is 1. The molecule has 0 radical (unpaired) electrons. The van der Waals surface area contributed by atoms with Crippen molar-refractivity contribution in [3.8, 4) is 0 Å². The van der Waals surface area contributed by atoms with E-state index in [9.17, 15) is 4.79 Å². The molecule has 2 fully saturated rings. The Labute approximate surface area is 99.2 Å². The van der Waals surface area contributed by atoms with Gasteiger partial charge >= 0.3 is 5.97 Å². The summed E-state index contributed by atoms with van der Waals surface area (Å²) >= 11 is 0. The third-order valence-electron chi connectivity index (χ3n) is 3.32. The third-order valence-corrected chi connectivity index (χ3v) is 3.32. The number of hydrogen-bond acceptors (Lipinski definition) is 4. The Bertz CT molecular complexity index is 403. The summed E-state index contributed by atoms with van der Waals surface area (Å²) in [7, 11) is 0. The zero-order valence-corrected chi connectivity index (χ0v) is 9.37. The molecule has 4 heteroatoms. The van der Waals surface area contributed by atoms with Crippen LogP contribution >= 0.6 is 0 Å². The first-order valence-corrected chi connectivity index (χ1v) is 5.85. The van der Waals surface area contributed by atoms with Crippen LogP contribution in [-0.2, 0) is 14.3 Å². The number of furan rings is 1. The fourth-order valence-electron chi connectivity index (χ4n) is 2.39. The van der Waals surface area contributed by atoms with Gasteiger partial charge in [0, 0.05) is 12.0 Å². The minimum Gasteiger partial charge on any atom is -0.473 e. The molecular weight excluding hydrogens is 220 g/mol. The highest BCUT2D eigenvalue weighted by atomic mass is 16.6. The molecule has 3 unspecified atom stereocenters. The van der Waals surface area contributed by atoms with Crippen LogP contribution in [0.5, 0.6) is 0 Å². The molecule has 90 valence electrons. The lowest BCUT2D eigenvalue weighted by Crippen LogP contribution is -2.27. The number of rotatable bonds is 0. The van der Waals surface area contributed by atoms with E-state index < -0.39 is 0 Å². The number of carbonyl (C=O) groups is 1. The van der Waals surface area contributed by atoms with Crippen LogP contribution < -0.4 is 0 Å². The van der Waals surface area contributed by atoms with E-state index in [0.29, 0.717) is 18.6 Å². The summed E-state index contributed by atoms with van der Waals surface area (Å²) in [6.07, 6.45) is 7.79. The molecule has 4 rings (SSSR count). The zero-order valence-electron chi connectivity index (χ0n) is 9.37. The SMILES string of the molecule is O=C1C=C2C(CCC3OC23)CO1.c1ccoc1. The van der Waals surface area contributed by atoms with Gasteiger partial charge in [-0.3, -0.25) is 0 Å². The molecular formula is C13H14O4. The number of hydrogen-bond donors (Lipinski definition) is 0. The Morgan fingerprint density at radius 3 is 2.71 bits per heavy atom. The van der Waals surface area contributed by atoms with E-state index in [1.54, 1.807) is 18.6 Å². The van der Waals surface area contributed by atoms with Crippen LogP contribution in [0.25, 0.3) is 0 Å². The van der Waals surface area contributed by atoms with Crippen molar-refractivity contribution < 1.29 is 18.7 Å². The maximum atomic E-state index is 10.9. The summed E-state index contributed by atoms with van der Waals surface area (Å²) in [6, 6.07) is 3.67. The molecule has 1 aliphatic carbocycles. The molecule has 0 bridgehead atoms. The molecule has 0 amide bonds. The number of epoxide rings is 1. The Balaban J connectivity index is 0.000000153. The maximum Gasteiger partial charge on any atom is 0.330 e. The van der Waals surface area contributed by atoms with E-state index in [4.69, 9.17) is 9.47 Å². The van der Waals surface area contributed by atoms with Crippen LogP contribution in [0.4, 0.5) is 0 Å². The van der Waals surface area contributed by atoms with Crippen molar-refractivity contribution in [2.75, 3.05) is 6.61 Å². The Morgan fingerprint density at radius 1 is 1.18 bits per heavy atom. The van der Waals surface area contributed by atoms with E-state index in [2.05, 4.69) is 4.42 Å². The van der Waals surface area contributed by atoms with Crippen LogP contribution in [0.2, 0.25) is 0 Å². The summed E-state index contributed by atoms with van der Waals surface area (Å²) in [6.45, 7) is 0.567. The molecule has 3 atom stereocenters. The van der Waals surface area contributed by atoms with E-state index in [1.165, 1.54) is 5.57 Å². The molecule has 4 nitrogen and oxygen atoms in total. The monoisotopic (exact) mass is 234 g/mol. The van der Waals surface area contributed by atoms with Gasteiger partial charge in [0.05, 0.1) is 25.2 Å². The van der Waals surface area contributed by atoms with Crippen LogP contribution in [-0.4, -0.2) is 24.8 Å². The van der Waals surface area contributed by atoms with Crippen LogP contribution in [0.1, 0.15) is 12.8 Å². The smallest absolute Gasteiger partial charge is 0.330 e. The van der Waals surface area contributed by atoms with Crippen molar-refractivity contribution in [3.05, 3.63) is 36.3 Å². The van der Waals surface area contributed by atoms with Crippen molar-refractivity contribution in [3.63, 3.8) is 0 Å². The topological polar surface area (TPSA) is 52.0 Å². The average Bonchev–Trinajstić information content (AvgIpc) is 2.90. The van der Waals surface area contributed by atoms with Crippen molar-refractivity contribution in [2.24, 2.45) is 5.92 Å². The minimum atomic E-state index is -0.197. The van der Waals surface area contributed by atoms with Gasteiger partial charge in [-0.05, 0) is 30.5 Å². The van der Waals surface area contributed by atoms with Gasteiger partial charge in [0.1, 0.15) is 6.10 Å². The second kappa shape index (κ2) is 4.37. The molecule has 1 aromatic rings. The Morgan fingerprint density at radius 2 is 2.00 bits per heavy atom. The lowest BCUT2D eigenvalue weighted by molar-refractivity contribution is -0.140. The van der Waals surface area contributed by atoms with Gasteiger partial charge in [0.2, 0.25) is 0 Å². The fourth-order valence-corrected chi connectivity index (χ4v) is 2.39. The minimum absolute atomic E-state index is 0.197. The molecule has 0 aromatic carbocycles. The lowest BCUT2D eigenvalue weighted by Gasteiger charge is -2.25. The van der Waals surface area contributed by atoms with Crippen LogP contribution in [0.15, 0.2) is 40.7 Å². The first-order valence-electron chi connectivity index (χ1n) is 5.85. The molecule has 1 saturated heterocycles. The largest absolute Gasteiger partial charge is 0.473 e. The van der Waals surface area contributed by atoms with Crippen molar-refractivity contribution in [1.29, 1.82) is 0 Å². The second-order valence-electron chi connectivity index (χ2n) is 4.44. The van der Waals surface area contributed by atoms with Crippen molar-refractivity contribution >= 4 is 5.97 Å². The first-order chi connectivity index (χ1) is 8.34. The van der Waals surface area contributed by atoms with Gasteiger partial charge in [0.15, 0.2) is 0 Å². The predicted molar refractivity (Wildman–Crippen MR) is 59.1 cm³/mol. The Hall–Kier alpha value is -1.55. The zero-order chi connectivity index (χ0) is 11.7. The average molecular weight is 234 g/mol. The van der Waals surface area contributed by atoms with E-state index in [0.717, 1.165) is 12.8 Å². The quantitative estimate of drug-likeness (QED) is 0.508. The van der Waals surface area contributed by atoms with Crippen molar-refractivity contribution in [2.45, 2.75) is 25.0 Å². The highest BCUT2D eigenvalue weighted by molar-refractivity contribution is 5.84. The van der Waals surface area contributed by atoms with E-state index in [1.807, 2.05) is 12.1 Å². The molecule has 1 aromatic heterocycles. The van der Waals surface area contributed by atoms with E-state index >= 15 is 0 Å². The maximum absolute atomic E-state index is 10.9. The van der Waals surface area contributed by atoms with Gasteiger partial charge in [-0.25, -0.2) is 4.79 Å².